The highest BCUT2D eigenvalue weighted by Crippen LogP contribution is 2.29. The van der Waals surface area contributed by atoms with Gasteiger partial charge in [-0.1, -0.05) is 37.3 Å². The molecule has 1 atom stereocenters. The molecule has 6 heteroatoms. The molecular formula is C18H18N3O2S-. The number of aromatic nitrogens is 2. The molecule has 0 saturated heterocycles. The van der Waals surface area contributed by atoms with Crippen LogP contribution in [0.4, 0.5) is 5.82 Å². The number of hydrogen-bond donors (Lipinski definition) is 1. The highest BCUT2D eigenvalue weighted by molar-refractivity contribution is 7.18. The van der Waals surface area contributed by atoms with Crippen LogP contribution >= 0.6 is 11.3 Å². The normalized spacial score (nSPS) is 12.2. The van der Waals surface area contributed by atoms with Crippen molar-refractivity contribution in [2.24, 2.45) is 0 Å². The Morgan fingerprint density at radius 3 is 2.71 bits per heavy atom. The number of anilines is 1. The summed E-state index contributed by atoms with van der Waals surface area (Å²) in [4.78, 5) is 22.5. The number of aliphatic carboxylic acids is 1. The maximum Gasteiger partial charge on any atom is 0.139 e. The quantitative estimate of drug-likeness (QED) is 0.745. The molecule has 2 heterocycles. The number of rotatable bonds is 6. The molecule has 2 aromatic heterocycles. The van der Waals surface area contributed by atoms with E-state index in [0.29, 0.717) is 18.1 Å². The Morgan fingerprint density at radius 2 is 2.04 bits per heavy atom. The van der Waals surface area contributed by atoms with Crippen molar-refractivity contribution in [3.05, 3.63) is 52.7 Å². The van der Waals surface area contributed by atoms with Crippen LogP contribution in [0.1, 0.15) is 23.2 Å². The van der Waals surface area contributed by atoms with E-state index in [1.165, 1.54) is 4.88 Å². The van der Waals surface area contributed by atoms with Crippen LogP contribution < -0.4 is 10.4 Å². The summed E-state index contributed by atoms with van der Waals surface area (Å²) in [7, 11) is 0. The highest BCUT2D eigenvalue weighted by Gasteiger charge is 2.16. The largest absolute Gasteiger partial charge is 0.548 e. The van der Waals surface area contributed by atoms with Gasteiger partial charge in [0.2, 0.25) is 0 Å². The number of carbonyl (C=O) groups is 1. The Morgan fingerprint density at radius 1 is 1.29 bits per heavy atom. The van der Waals surface area contributed by atoms with Crippen molar-refractivity contribution in [2.75, 3.05) is 5.32 Å². The highest BCUT2D eigenvalue weighted by atomic mass is 32.1. The fourth-order valence-electron chi connectivity index (χ4n) is 2.57. The second-order valence-corrected chi connectivity index (χ2v) is 6.73. The lowest BCUT2D eigenvalue weighted by molar-refractivity contribution is -0.306. The van der Waals surface area contributed by atoms with Gasteiger partial charge in [0.25, 0.3) is 0 Å². The van der Waals surface area contributed by atoms with Crippen LogP contribution in [0.25, 0.3) is 10.2 Å². The second kappa shape index (κ2) is 6.97. The van der Waals surface area contributed by atoms with Gasteiger partial charge in [-0.3, -0.25) is 0 Å². The molecule has 0 aliphatic rings. The lowest BCUT2D eigenvalue weighted by atomic mass is 10.1. The molecule has 0 spiro atoms. The fourth-order valence-corrected chi connectivity index (χ4v) is 3.58. The predicted molar refractivity (Wildman–Crippen MR) is 94.1 cm³/mol. The number of aryl methyl sites for hydroxylation is 2. The van der Waals surface area contributed by atoms with Crippen LogP contribution in [-0.2, 0) is 17.6 Å². The smallest absolute Gasteiger partial charge is 0.139 e. The van der Waals surface area contributed by atoms with Crippen LogP contribution in [0.15, 0.2) is 36.4 Å². The third kappa shape index (κ3) is 3.54. The molecule has 5 nitrogen and oxygen atoms in total. The minimum absolute atomic E-state index is 0.332. The molecule has 1 aromatic carbocycles. The average molecular weight is 340 g/mol. The zero-order valence-corrected chi connectivity index (χ0v) is 14.4. The van der Waals surface area contributed by atoms with Crippen molar-refractivity contribution in [2.45, 2.75) is 32.7 Å². The third-order valence-electron chi connectivity index (χ3n) is 3.78. The summed E-state index contributed by atoms with van der Waals surface area (Å²) < 4.78 is 0. The lowest BCUT2D eigenvalue weighted by Gasteiger charge is -2.21. The summed E-state index contributed by atoms with van der Waals surface area (Å²) in [5.41, 5.74) is 0.931. The van der Waals surface area contributed by atoms with Gasteiger partial charge in [-0.15, -0.1) is 11.3 Å². The third-order valence-corrected chi connectivity index (χ3v) is 4.96. The molecule has 0 unspecified atom stereocenters. The van der Waals surface area contributed by atoms with Crippen LogP contribution in [0.3, 0.4) is 0 Å². The Kier molecular flexibility index (Phi) is 4.76. The summed E-state index contributed by atoms with van der Waals surface area (Å²) in [6.45, 7) is 3.89. The van der Waals surface area contributed by atoms with E-state index in [9.17, 15) is 9.90 Å². The maximum atomic E-state index is 11.6. The lowest BCUT2D eigenvalue weighted by Crippen LogP contribution is -2.42. The van der Waals surface area contributed by atoms with Crippen molar-refractivity contribution < 1.29 is 9.90 Å². The van der Waals surface area contributed by atoms with Crippen molar-refractivity contribution in [1.82, 2.24) is 9.97 Å². The van der Waals surface area contributed by atoms with E-state index in [0.717, 1.165) is 22.2 Å². The first-order valence-corrected chi connectivity index (χ1v) is 8.67. The van der Waals surface area contributed by atoms with Crippen molar-refractivity contribution in [3.63, 3.8) is 0 Å². The van der Waals surface area contributed by atoms with E-state index < -0.39 is 12.0 Å². The molecule has 124 valence electrons. The molecule has 0 bridgehead atoms. The summed E-state index contributed by atoms with van der Waals surface area (Å²) in [5.74, 6) is 0.0270. The number of carboxylic acid groups (broad SMARTS) is 1. The molecule has 0 aliphatic heterocycles. The summed E-state index contributed by atoms with van der Waals surface area (Å²) in [6, 6.07) is 10.7. The number of hydrogen-bond acceptors (Lipinski definition) is 6. The standard InChI is InChI=1S/C18H19N3O2S/c1-3-13-10-14-16(19-11(2)20-17(14)24-13)21-15(18(22)23)9-12-7-5-4-6-8-12/h4-8,10,15H,3,9H2,1-2H3,(H,22,23)(H,19,20,21)/p-1/t15-/m0/s1. The zero-order valence-electron chi connectivity index (χ0n) is 13.6. The minimum atomic E-state index is -1.14. The van der Waals surface area contributed by atoms with E-state index in [1.807, 2.05) is 36.4 Å². The number of fused-ring (bicyclic) bond motifs is 1. The van der Waals surface area contributed by atoms with Gasteiger partial charge in [0, 0.05) is 4.88 Å². The van der Waals surface area contributed by atoms with Crippen LogP contribution in [-0.4, -0.2) is 22.0 Å². The average Bonchev–Trinajstić information content (AvgIpc) is 2.98. The van der Waals surface area contributed by atoms with E-state index in [2.05, 4.69) is 22.2 Å². The second-order valence-electron chi connectivity index (χ2n) is 5.61. The molecule has 0 aliphatic carbocycles. The molecule has 0 radical (unpaired) electrons. The molecule has 3 aromatic rings. The van der Waals surface area contributed by atoms with E-state index in [4.69, 9.17) is 0 Å². The summed E-state index contributed by atoms with van der Waals surface area (Å²) in [6.07, 6.45) is 1.24. The number of carboxylic acids is 1. The molecule has 0 amide bonds. The van der Waals surface area contributed by atoms with Crippen LogP contribution in [0.5, 0.6) is 0 Å². The Balaban J connectivity index is 1.93. The minimum Gasteiger partial charge on any atom is -0.548 e. The number of nitrogens with one attached hydrogen (secondary N) is 1. The number of benzene rings is 1. The van der Waals surface area contributed by atoms with Gasteiger partial charge in [0.15, 0.2) is 0 Å². The van der Waals surface area contributed by atoms with Gasteiger partial charge in [-0.2, -0.15) is 0 Å². The topological polar surface area (TPSA) is 77.9 Å². The first-order chi connectivity index (χ1) is 11.6. The number of carbonyl (C=O) groups excluding carboxylic acids is 1. The van der Waals surface area contributed by atoms with Gasteiger partial charge in [-0.25, -0.2) is 9.97 Å². The number of nitrogens with zero attached hydrogens (tertiary/aromatic N) is 2. The first kappa shape index (κ1) is 16.4. The van der Waals surface area contributed by atoms with Crippen molar-refractivity contribution in [1.29, 1.82) is 0 Å². The predicted octanol–water partition coefficient (Wildman–Crippen LogP) is 2.34. The van der Waals surface area contributed by atoms with Gasteiger partial charge >= 0.3 is 0 Å². The molecule has 0 fully saturated rings. The van der Waals surface area contributed by atoms with Crippen molar-refractivity contribution in [3.8, 4) is 0 Å². The van der Waals surface area contributed by atoms with E-state index >= 15 is 0 Å². The van der Waals surface area contributed by atoms with Gasteiger partial charge < -0.3 is 15.2 Å². The summed E-state index contributed by atoms with van der Waals surface area (Å²) in [5, 5.41) is 15.5. The van der Waals surface area contributed by atoms with Gasteiger partial charge in [-0.05, 0) is 31.4 Å². The van der Waals surface area contributed by atoms with Gasteiger partial charge in [0.1, 0.15) is 16.5 Å². The SMILES string of the molecule is CCc1cc2c(N[C@@H](Cc3ccccc3)C(=O)[O-])nc(C)nc2s1. The molecular weight excluding hydrogens is 322 g/mol. The molecule has 0 saturated carbocycles. The molecule has 3 rings (SSSR count). The van der Waals surface area contributed by atoms with E-state index in [-0.39, 0.29) is 0 Å². The number of thiophene rings is 1. The van der Waals surface area contributed by atoms with Crippen LogP contribution in [0, 0.1) is 6.92 Å². The summed E-state index contributed by atoms with van der Waals surface area (Å²) >= 11 is 1.61. The fraction of sp³-hybridized carbons (Fsp3) is 0.278. The Hall–Kier alpha value is -2.47. The Labute approximate surface area is 144 Å². The van der Waals surface area contributed by atoms with E-state index in [1.54, 1.807) is 18.3 Å². The maximum absolute atomic E-state index is 11.6. The monoisotopic (exact) mass is 340 g/mol. The molecule has 24 heavy (non-hydrogen) atoms. The Bertz CT molecular complexity index is 861. The molecule has 1 N–H and O–H groups in total. The van der Waals surface area contributed by atoms with Crippen LogP contribution in [0.2, 0.25) is 0 Å². The van der Waals surface area contributed by atoms with Crippen molar-refractivity contribution >= 4 is 33.3 Å². The first-order valence-electron chi connectivity index (χ1n) is 7.85. The zero-order chi connectivity index (χ0) is 17.1. The van der Waals surface area contributed by atoms with Gasteiger partial charge in [0.05, 0.1) is 17.4 Å².